The fourth-order valence-electron chi connectivity index (χ4n) is 5.84. The standard InChI is InChI=1S/C36H35N3O4/c1-3-42-34(41)22-28(25-10-5-4-6-11-25)27-15-14-26-17-18-37-35(29(26)21-27)32(40)19-24-13-16-31-33(20-24)43-36(39-31)38-30-12-8-7-9-23(30)2/h4-16,20-21,28,35,37H,3,17-19,22H2,1-2H3,(H,38,39). The second-order valence-corrected chi connectivity index (χ2v) is 11.0. The summed E-state index contributed by atoms with van der Waals surface area (Å²) in [7, 11) is 0. The maximum Gasteiger partial charge on any atom is 0.306 e. The molecule has 0 bridgehead atoms. The van der Waals surface area contributed by atoms with Crippen LogP contribution in [0.5, 0.6) is 0 Å². The third-order valence-electron chi connectivity index (χ3n) is 8.04. The first-order valence-corrected chi connectivity index (χ1v) is 14.8. The number of esters is 1. The maximum atomic E-state index is 13.8. The van der Waals surface area contributed by atoms with Gasteiger partial charge in [-0.15, -0.1) is 0 Å². The van der Waals surface area contributed by atoms with E-state index in [1.54, 1.807) is 0 Å². The van der Waals surface area contributed by atoms with Crippen molar-refractivity contribution in [1.82, 2.24) is 10.3 Å². The molecule has 2 unspecified atom stereocenters. The van der Waals surface area contributed by atoms with Crippen molar-refractivity contribution in [3.63, 3.8) is 0 Å². The van der Waals surface area contributed by atoms with E-state index < -0.39 is 6.04 Å². The van der Waals surface area contributed by atoms with E-state index in [1.807, 2.05) is 86.6 Å². The molecular formula is C36H35N3O4. The number of nitrogens with zero attached hydrogens (tertiary/aromatic N) is 1. The Hall–Kier alpha value is -4.75. The zero-order valence-electron chi connectivity index (χ0n) is 24.4. The van der Waals surface area contributed by atoms with Gasteiger partial charge in [0.05, 0.1) is 19.1 Å². The number of carbonyl (C=O) groups is 2. The van der Waals surface area contributed by atoms with Gasteiger partial charge in [0.1, 0.15) is 5.52 Å². The summed E-state index contributed by atoms with van der Waals surface area (Å²) in [4.78, 5) is 30.9. The molecule has 0 saturated heterocycles. The topological polar surface area (TPSA) is 93.5 Å². The zero-order valence-corrected chi connectivity index (χ0v) is 24.4. The van der Waals surface area contributed by atoms with Crippen molar-refractivity contribution in [3.05, 3.63) is 124 Å². The number of rotatable bonds is 10. The Labute approximate surface area is 251 Å². The fraction of sp³-hybridized carbons (Fsp3) is 0.250. The van der Waals surface area contributed by atoms with E-state index in [2.05, 4.69) is 33.8 Å². The number of hydrogen-bond donors (Lipinski definition) is 2. The molecule has 1 aromatic heterocycles. The molecule has 7 nitrogen and oxygen atoms in total. The third kappa shape index (κ3) is 6.37. The van der Waals surface area contributed by atoms with Crippen LogP contribution in [0.1, 0.15) is 58.7 Å². The summed E-state index contributed by atoms with van der Waals surface area (Å²) >= 11 is 0. The highest BCUT2D eigenvalue weighted by Crippen LogP contribution is 2.34. The Balaban J connectivity index is 1.24. The Bertz CT molecular complexity index is 1760. The minimum absolute atomic E-state index is 0.0804. The van der Waals surface area contributed by atoms with E-state index in [-0.39, 0.29) is 30.5 Å². The first-order valence-electron chi connectivity index (χ1n) is 14.8. The van der Waals surface area contributed by atoms with Crippen LogP contribution in [0.25, 0.3) is 11.1 Å². The Kier molecular flexibility index (Phi) is 8.34. The highest BCUT2D eigenvalue weighted by atomic mass is 16.5. The predicted molar refractivity (Wildman–Crippen MR) is 168 cm³/mol. The number of para-hydroxylation sites is 1. The molecule has 43 heavy (non-hydrogen) atoms. The summed E-state index contributed by atoms with van der Waals surface area (Å²) in [6, 6.07) is 29.9. The lowest BCUT2D eigenvalue weighted by Crippen LogP contribution is -2.36. The van der Waals surface area contributed by atoms with Gasteiger partial charge in [0, 0.05) is 24.6 Å². The largest absolute Gasteiger partial charge is 0.466 e. The number of benzene rings is 4. The summed E-state index contributed by atoms with van der Waals surface area (Å²) < 4.78 is 11.3. The van der Waals surface area contributed by atoms with E-state index >= 15 is 0 Å². The van der Waals surface area contributed by atoms with E-state index in [1.165, 1.54) is 0 Å². The molecule has 4 aromatic carbocycles. The molecule has 5 aromatic rings. The van der Waals surface area contributed by atoms with Crippen LogP contribution in [0.2, 0.25) is 0 Å². The Morgan fingerprint density at radius 3 is 2.63 bits per heavy atom. The molecule has 0 fully saturated rings. The summed E-state index contributed by atoms with van der Waals surface area (Å²) in [6.45, 7) is 4.91. The third-order valence-corrected chi connectivity index (χ3v) is 8.04. The van der Waals surface area contributed by atoms with E-state index in [0.717, 1.165) is 57.6 Å². The number of Topliss-reactive ketones (excluding diaryl/α,β-unsaturated/α-hetero) is 1. The first-order chi connectivity index (χ1) is 21.0. The zero-order chi connectivity index (χ0) is 29.8. The smallest absolute Gasteiger partial charge is 0.306 e. The molecule has 6 rings (SSSR count). The highest BCUT2D eigenvalue weighted by Gasteiger charge is 2.28. The molecule has 218 valence electrons. The van der Waals surface area contributed by atoms with Crippen molar-refractivity contribution >= 4 is 34.6 Å². The fourth-order valence-corrected chi connectivity index (χ4v) is 5.84. The molecule has 0 spiro atoms. The second-order valence-electron chi connectivity index (χ2n) is 11.0. The van der Waals surface area contributed by atoms with Crippen LogP contribution >= 0.6 is 0 Å². The van der Waals surface area contributed by atoms with Crippen LogP contribution in [0.15, 0.2) is 95.4 Å². The average molecular weight is 574 g/mol. The number of oxazole rings is 1. The molecule has 7 heteroatoms. The molecule has 0 radical (unpaired) electrons. The van der Waals surface area contributed by atoms with Crippen LogP contribution in [0, 0.1) is 6.92 Å². The van der Waals surface area contributed by atoms with Gasteiger partial charge in [-0.2, -0.15) is 4.98 Å². The van der Waals surface area contributed by atoms with E-state index in [0.29, 0.717) is 18.2 Å². The van der Waals surface area contributed by atoms with Crippen LogP contribution in [0.4, 0.5) is 11.7 Å². The molecule has 1 aliphatic rings. The van der Waals surface area contributed by atoms with Gasteiger partial charge in [-0.3, -0.25) is 9.59 Å². The molecule has 1 aliphatic heterocycles. The molecule has 2 atom stereocenters. The van der Waals surface area contributed by atoms with Gasteiger partial charge in [0.15, 0.2) is 11.4 Å². The number of fused-ring (bicyclic) bond motifs is 2. The molecule has 2 N–H and O–H groups in total. The van der Waals surface area contributed by atoms with Gasteiger partial charge < -0.3 is 19.8 Å². The van der Waals surface area contributed by atoms with Crippen molar-refractivity contribution in [2.24, 2.45) is 0 Å². The van der Waals surface area contributed by atoms with Gasteiger partial charge in [0.25, 0.3) is 6.01 Å². The lowest BCUT2D eigenvalue weighted by atomic mass is 9.83. The van der Waals surface area contributed by atoms with Crippen LogP contribution in [0.3, 0.4) is 0 Å². The van der Waals surface area contributed by atoms with Gasteiger partial charge in [-0.1, -0.05) is 72.8 Å². The monoisotopic (exact) mass is 573 g/mol. The van der Waals surface area contributed by atoms with Crippen LogP contribution in [-0.2, 0) is 27.2 Å². The van der Waals surface area contributed by atoms with Crippen molar-refractivity contribution in [3.8, 4) is 0 Å². The Morgan fingerprint density at radius 1 is 1.00 bits per heavy atom. The average Bonchev–Trinajstić information content (AvgIpc) is 3.42. The Morgan fingerprint density at radius 2 is 1.81 bits per heavy atom. The minimum Gasteiger partial charge on any atom is -0.466 e. The summed E-state index contributed by atoms with van der Waals surface area (Å²) in [5.41, 5.74) is 8.42. The van der Waals surface area contributed by atoms with Gasteiger partial charge in [0.2, 0.25) is 0 Å². The van der Waals surface area contributed by atoms with Gasteiger partial charge in [-0.25, -0.2) is 0 Å². The van der Waals surface area contributed by atoms with Crippen molar-refractivity contribution in [1.29, 1.82) is 0 Å². The highest BCUT2D eigenvalue weighted by molar-refractivity contribution is 5.89. The van der Waals surface area contributed by atoms with Crippen LogP contribution < -0.4 is 10.6 Å². The number of hydrogen-bond acceptors (Lipinski definition) is 7. The number of ketones is 1. The van der Waals surface area contributed by atoms with E-state index in [9.17, 15) is 9.59 Å². The molecule has 0 aliphatic carbocycles. The van der Waals surface area contributed by atoms with Crippen molar-refractivity contribution < 1.29 is 18.7 Å². The normalized spacial score (nSPS) is 15.1. The van der Waals surface area contributed by atoms with Crippen molar-refractivity contribution in [2.45, 2.75) is 45.1 Å². The van der Waals surface area contributed by atoms with Crippen molar-refractivity contribution in [2.75, 3.05) is 18.5 Å². The minimum atomic E-state index is -0.438. The number of aromatic nitrogens is 1. The molecule has 0 amide bonds. The quantitative estimate of drug-likeness (QED) is 0.174. The molecule has 2 heterocycles. The maximum absolute atomic E-state index is 13.8. The van der Waals surface area contributed by atoms with Gasteiger partial charge >= 0.3 is 5.97 Å². The predicted octanol–water partition coefficient (Wildman–Crippen LogP) is 6.96. The van der Waals surface area contributed by atoms with Crippen LogP contribution in [-0.4, -0.2) is 29.9 Å². The molecular weight excluding hydrogens is 538 g/mol. The number of aryl methyl sites for hydroxylation is 1. The summed E-state index contributed by atoms with van der Waals surface area (Å²) in [5.74, 6) is -0.323. The number of anilines is 2. The number of ether oxygens (including phenoxy) is 1. The second kappa shape index (κ2) is 12.6. The summed E-state index contributed by atoms with van der Waals surface area (Å²) in [6.07, 6.45) is 1.33. The SMILES string of the molecule is CCOC(=O)CC(c1ccccc1)c1ccc2c(c1)C(C(=O)Cc1ccc3nc(Nc4ccccc4C)oc3c1)NCC2. The lowest BCUT2D eigenvalue weighted by molar-refractivity contribution is -0.143. The first kappa shape index (κ1) is 28.4. The summed E-state index contributed by atoms with van der Waals surface area (Å²) in [5, 5.41) is 6.69. The van der Waals surface area contributed by atoms with E-state index in [4.69, 9.17) is 9.15 Å². The lowest BCUT2D eigenvalue weighted by Gasteiger charge is -2.28. The number of nitrogens with one attached hydrogen (secondary N) is 2. The molecule has 0 saturated carbocycles. The number of carbonyl (C=O) groups excluding carboxylic acids is 2. The van der Waals surface area contributed by atoms with Gasteiger partial charge in [-0.05, 0) is 71.8 Å².